The predicted molar refractivity (Wildman–Crippen MR) is 79.1 cm³/mol. The second-order valence-corrected chi connectivity index (χ2v) is 6.01. The average molecular weight is 294 g/mol. The average Bonchev–Trinajstić information content (AvgIpc) is 2.89. The number of rotatable bonds is 7. The number of phenolic OH excluding ortho intramolecular Hbond substituents is 2. The quantitative estimate of drug-likeness (QED) is 0.410. The molecule has 0 radical (unpaired) electrons. The Labute approximate surface area is 125 Å². The Morgan fingerprint density at radius 3 is 2.52 bits per heavy atom. The highest BCUT2D eigenvalue weighted by Gasteiger charge is 2.32. The number of hydrogen-bond acceptors (Lipinski definition) is 3. The minimum absolute atomic E-state index is 0.0209. The molecule has 1 aliphatic heterocycles. The van der Waals surface area contributed by atoms with E-state index in [1.165, 1.54) is 18.9 Å². The van der Waals surface area contributed by atoms with Crippen LogP contribution in [-0.2, 0) is 11.3 Å². The molecule has 3 N–H and O–H groups in total. The molecule has 2 rings (SSSR count). The Morgan fingerprint density at radius 1 is 1.14 bits per heavy atom. The van der Waals surface area contributed by atoms with Gasteiger partial charge in [-0.25, -0.2) is 0 Å². The topological polar surface area (TPSA) is 77.8 Å². The molecule has 1 aromatic carbocycles. The van der Waals surface area contributed by atoms with Crippen molar-refractivity contribution in [3.05, 3.63) is 23.8 Å². The number of benzene rings is 1. The number of phenols is 2. The predicted octanol–water partition coefficient (Wildman–Crippen LogP) is 2.46. The standard InChI is InChI=1S/C16H23NO4/c18-14-7-5-6-13(16(14)21)12-17(10-3-4-11-17)9-2-1-8-15(19)20/h5-7H,1-4,8-12H2,(H2-,18,19,20,21)/p+1. The van der Waals surface area contributed by atoms with Crippen LogP contribution in [0.5, 0.6) is 11.5 Å². The molecule has 1 saturated heterocycles. The van der Waals surface area contributed by atoms with E-state index in [9.17, 15) is 15.0 Å². The number of aliphatic carboxylic acids is 1. The number of aromatic hydroxyl groups is 2. The molecule has 1 fully saturated rings. The van der Waals surface area contributed by atoms with Gasteiger partial charge in [-0.3, -0.25) is 4.79 Å². The fourth-order valence-corrected chi connectivity index (χ4v) is 3.26. The van der Waals surface area contributed by atoms with E-state index in [2.05, 4.69) is 0 Å². The lowest BCUT2D eigenvalue weighted by molar-refractivity contribution is -0.930. The van der Waals surface area contributed by atoms with Gasteiger partial charge in [0.2, 0.25) is 0 Å². The number of nitrogens with zero attached hydrogens (tertiary/aromatic N) is 1. The molecule has 0 saturated carbocycles. The highest BCUT2D eigenvalue weighted by atomic mass is 16.4. The maximum Gasteiger partial charge on any atom is 0.303 e. The third kappa shape index (κ3) is 4.11. The number of likely N-dealkylation sites (tertiary alicyclic amines) is 1. The Kier molecular flexibility index (Phi) is 5.07. The summed E-state index contributed by atoms with van der Waals surface area (Å²) < 4.78 is 0.886. The van der Waals surface area contributed by atoms with Crippen LogP contribution < -0.4 is 0 Å². The molecule has 1 heterocycles. The Morgan fingerprint density at radius 2 is 1.86 bits per heavy atom. The van der Waals surface area contributed by atoms with Crippen LogP contribution in [0.25, 0.3) is 0 Å². The second-order valence-electron chi connectivity index (χ2n) is 6.01. The van der Waals surface area contributed by atoms with Gasteiger partial charge in [-0.2, -0.15) is 0 Å². The van der Waals surface area contributed by atoms with Gasteiger partial charge in [0, 0.05) is 19.3 Å². The number of carbonyl (C=O) groups is 1. The molecule has 21 heavy (non-hydrogen) atoms. The van der Waals surface area contributed by atoms with Crippen LogP contribution in [0, 0.1) is 0 Å². The van der Waals surface area contributed by atoms with Crippen molar-refractivity contribution >= 4 is 5.97 Å². The molecule has 0 spiro atoms. The number of quaternary nitrogens is 1. The number of para-hydroxylation sites is 1. The monoisotopic (exact) mass is 294 g/mol. The van der Waals surface area contributed by atoms with E-state index >= 15 is 0 Å². The third-order valence-corrected chi connectivity index (χ3v) is 4.39. The summed E-state index contributed by atoms with van der Waals surface area (Å²) in [6.07, 6.45) is 4.13. The van der Waals surface area contributed by atoms with Crippen molar-refractivity contribution in [3.8, 4) is 11.5 Å². The van der Waals surface area contributed by atoms with E-state index < -0.39 is 5.97 Å². The number of carboxylic acids is 1. The zero-order valence-corrected chi connectivity index (χ0v) is 12.3. The van der Waals surface area contributed by atoms with E-state index in [4.69, 9.17) is 5.11 Å². The zero-order chi connectivity index (χ0) is 15.3. The summed E-state index contributed by atoms with van der Waals surface area (Å²) >= 11 is 0. The highest BCUT2D eigenvalue weighted by Crippen LogP contribution is 2.33. The number of hydrogen-bond donors (Lipinski definition) is 3. The van der Waals surface area contributed by atoms with Crippen LogP contribution in [0.15, 0.2) is 18.2 Å². The molecule has 0 aliphatic carbocycles. The van der Waals surface area contributed by atoms with Crippen LogP contribution in [0.2, 0.25) is 0 Å². The largest absolute Gasteiger partial charge is 0.504 e. The molecule has 0 aromatic heterocycles. The summed E-state index contributed by atoms with van der Waals surface area (Å²) in [5, 5.41) is 28.3. The minimum atomic E-state index is -0.742. The van der Waals surface area contributed by atoms with Gasteiger partial charge in [0.1, 0.15) is 6.54 Å². The summed E-state index contributed by atoms with van der Waals surface area (Å²) in [6, 6.07) is 5.09. The first-order valence-corrected chi connectivity index (χ1v) is 7.59. The van der Waals surface area contributed by atoms with Crippen LogP contribution in [-0.4, -0.2) is 45.4 Å². The lowest BCUT2D eigenvalue weighted by Gasteiger charge is -2.34. The lowest BCUT2D eigenvalue weighted by atomic mass is 10.1. The van der Waals surface area contributed by atoms with Crippen molar-refractivity contribution in [2.24, 2.45) is 0 Å². The second kappa shape index (κ2) is 6.80. The molecule has 0 amide bonds. The molecule has 0 bridgehead atoms. The van der Waals surface area contributed by atoms with E-state index in [0.717, 1.165) is 36.1 Å². The van der Waals surface area contributed by atoms with Gasteiger partial charge in [-0.15, -0.1) is 0 Å². The fraction of sp³-hybridized carbons (Fsp3) is 0.562. The summed E-state index contributed by atoms with van der Waals surface area (Å²) in [4.78, 5) is 10.6. The number of unbranched alkanes of at least 4 members (excludes halogenated alkanes) is 1. The van der Waals surface area contributed by atoms with Crippen molar-refractivity contribution in [1.29, 1.82) is 0 Å². The summed E-state index contributed by atoms with van der Waals surface area (Å²) in [6.45, 7) is 3.75. The smallest absolute Gasteiger partial charge is 0.303 e. The van der Waals surface area contributed by atoms with Gasteiger partial charge in [-0.05, 0) is 25.0 Å². The van der Waals surface area contributed by atoms with E-state index in [-0.39, 0.29) is 17.9 Å². The van der Waals surface area contributed by atoms with Gasteiger partial charge in [0.25, 0.3) is 0 Å². The first-order chi connectivity index (χ1) is 10.0. The van der Waals surface area contributed by atoms with Crippen LogP contribution in [0.1, 0.15) is 37.7 Å². The van der Waals surface area contributed by atoms with Gasteiger partial charge >= 0.3 is 5.97 Å². The zero-order valence-electron chi connectivity index (χ0n) is 12.3. The molecule has 0 atom stereocenters. The van der Waals surface area contributed by atoms with Crippen LogP contribution in [0.4, 0.5) is 0 Å². The summed E-state index contributed by atoms with van der Waals surface area (Å²) in [5.41, 5.74) is 0.773. The SMILES string of the molecule is O=C(O)CCCC[N+]1(Cc2cccc(O)c2O)CCCC1. The molecule has 116 valence electrons. The fourth-order valence-electron chi connectivity index (χ4n) is 3.26. The van der Waals surface area contributed by atoms with Crippen LogP contribution in [0.3, 0.4) is 0 Å². The van der Waals surface area contributed by atoms with Gasteiger partial charge in [0.05, 0.1) is 25.2 Å². The molecule has 1 aliphatic rings. The molecule has 5 heteroatoms. The first kappa shape index (κ1) is 15.6. The molecule has 0 unspecified atom stereocenters. The summed E-state index contributed by atoms with van der Waals surface area (Å²) in [7, 11) is 0. The highest BCUT2D eigenvalue weighted by molar-refractivity contribution is 5.66. The maximum absolute atomic E-state index is 10.6. The van der Waals surface area contributed by atoms with Crippen LogP contribution >= 0.6 is 0 Å². The lowest BCUT2D eigenvalue weighted by Crippen LogP contribution is -2.45. The van der Waals surface area contributed by atoms with Crippen molar-refractivity contribution < 1.29 is 24.6 Å². The van der Waals surface area contributed by atoms with Gasteiger partial charge in [0.15, 0.2) is 11.5 Å². The number of carboxylic acid groups (broad SMARTS) is 1. The molecular formula is C16H24NO4+. The first-order valence-electron chi connectivity index (χ1n) is 7.59. The molecule has 5 nitrogen and oxygen atoms in total. The molecular weight excluding hydrogens is 270 g/mol. The normalized spacial score (nSPS) is 17.0. The minimum Gasteiger partial charge on any atom is -0.504 e. The van der Waals surface area contributed by atoms with Crippen molar-refractivity contribution in [2.75, 3.05) is 19.6 Å². The Bertz CT molecular complexity index is 495. The van der Waals surface area contributed by atoms with Gasteiger partial charge < -0.3 is 19.8 Å². The molecule has 1 aromatic rings. The van der Waals surface area contributed by atoms with E-state index in [1.807, 2.05) is 6.07 Å². The van der Waals surface area contributed by atoms with Gasteiger partial charge in [-0.1, -0.05) is 6.07 Å². The van der Waals surface area contributed by atoms with E-state index in [1.54, 1.807) is 6.07 Å². The van der Waals surface area contributed by atoms with E-state index in [0.29, 0.717) is 13.0 Å². The van der Waals surface area contributed by atoms with Crippen molar-refractivity contribution in [2.45, 2.75) is 38.6 Å². The maximum atomic E-state index is 10.6. The third-order valence-electron chi connectivity index (χ3n) is 4.39. The van der Waals surface area contributed by atoms with Crippen molar-refractivity contribution in [3.63, 3.8) is 0 Å². The Hall–Kier alpha value is -1.75. The van der Waals surface area contributed by atoms with Crippen molar-refractivity contribution in [1.82, 2.24) is 0 Å². The Balaban J connectivity index is 2.01. The summed E-state index contributed by atoms with van der Waals surface area (Å²) in [5.74, 6) is -0.836.